The third-order valence-corrected chi connectivity index (χ3v) is 4.86. The Balaban J connectivity index is 1.42. The highest BCUT2D eigenvalue weighted by Crippen LogP contribution is 2.22. The highest BCUT2D eigenvalue weighted by atomic mass is 35.5. The molecular weight excluding hydrogens is 414 g/mol. The molecule has 2 heterocycles. The van der Waals surface area contributed by atoms with Crippen molar-refractivity contribution in [2.45, 2.75) is 6.92 Å². The van der Waals surface area contributed by atoms with Gasteiger partial charge in [0.1, 0.15) is 0 Å². The van der Waals surface area contributed by atoms with Crippen LogP contribution in [0, 0.1) is 6.92 Å². The van der Waals surface area contributed by atoms with Gasteiger partial charge in [-0.05, 0) is 55.5 Å². The number of fused-ring (bicyclic) bond motifs is 1. The largest absolute Gasteiger partial charge is 0.337 e. The lowest BCUT2D eigenvalue weighted by Crippen LogP contribution is -2.44. The number of anilines is 1. The smallest absolute Gasteiger partial charge is 0.307 e. The Bertz CT molecular complexity index is 1270. The number of para-hydroxylation sites is 1. The van der Waals surface area contributed by atoms with Crippen LogP contribution < -0.4 is 16.2 Å². The zero-order valence-electron chi connectivity index (χ0n) is 16.5. The van der Waals surface area contributed by atoms with Gasteiger partial charge in [0, 0.05) is 27.9 Å². The average molecular weight is 432 g/mol. The fourth-order valence-corrected chi connectivity index (χ4v) is 3.18. The molecule has 8 heteroatoms. The van der Waals surface area contributed by atoms with Gasteiger partial charge in [-0.15, -0.1) is 0 Å². The van der Waals surface area contributed by atoms with Crippen molar-refractivity contribution in [3.8, 4) is 11.3 Å². The molecule has 0 spiro atoms. The number of hydrogen-bond donors (Lipinski definition) is 3. The summed E-state index contributed by atoms with van der Waals surface area (Å²) in [7, 11) is 0. The molecule has 0 saturated heterocycles. The third kappa shape index (κ3) is 4.79. The lowest BCUT2D eigenvalue weighted by Gasteiger charge is -2.11. The van der Waals surface area contributed by atoms with Gasteiger partial charge in [-0.1, -0.05) is 29.8 Å². The van der Waals surface area contributed by atoms with Crippen LogP contribution in [0.4, 0.5) is 10.5 Å². The van der Waals surface area contributed by atoms with E-state index >= 15 is 0 Å². The van der Waals surface area contributed by atoms with Crippen LogP contribution in [0.15, 0.2) is 72.9 Å². The standard InChI is InChI=1S/C23H18ClN5O2/c1-14-19(22(30)28-29-23(31)27-18-8-6-17(24)7-9-18)10-11-21(26-14)16-12-15-4-2-3-5-20(15)25-13-16/h2-13H,1H3,(H,28,30)(H2,27,29,31). The second-order valence-corrected chi connectivity index (χ2v) is 7.22. The van der Waals surface area contributed by atoms with Gasteiger partial charge >= 0.3 is 6.03 Å². The molecule has 2 aromatic carbocycles. The summed E-state index contributed by atoms with van der Waals surface area (Å²) >= 11 is 5.81. The molecule has 31 heavy (non-hydrogen) atoms. The van der Waals surface area contributed by atoms with Crippen molar-refractivity contribution in [1.29, 1.82) is 0 Å². The number of carbonyl (C=O) groups is 2. The SMILES string of the molecule is Cc1nc(-c2cnc3ccccc3c2)ccc1C(=O)NNC(=O)Nc1ccc(Cl)cc1. The van der Waals surface area contributed by atoms with E-state index in [1.54, 1.807) is 49.5 Å². The quantitative estimate of drug-likeness (QED) is 0.409. The number of amides is 3. The number of aromatic nitrogens is 2. The number of halogens is 1. The second kappa shape index (κ2) is 8.81. The summed E-state index contributed by atoms with van der Waals surface area (Å²) in [5, 5.41) is 4.16. The lowest BCUT2D eigenvalue weighted by molar-refractivity contribution is 0.0937. The van der Waals surface area contributed by atoms with Crippen molar-refractivity contribution < 1.29 is 9.59 Å². The van der Waals surface area contributed by atoms with Gasteiger partial charge in [0.2, 0.25) is 0 Å². The Morgan fingerprint density at radius 2 is 1.71 bits per heavy atom. The van der Waals surface area contributed by atoms with Crippen LogP contribution in [0.25, 0.3) is 22.2 Å². The van der Waals surface area contributed by atoms with Gasteiger partial charge in [0.25, 0.3) is 5.91 Å². The number of nitrogens with one attached hydrogen (secondary N) is 3. The summed E-state index contributed by atoms with van der Waals surface area (Å²) in [6, 6.07) is 19.3. The molecule has 0 atom stereocenters. The lowest BCUT2D eigenvalue weighted by atomic mass is 10.1. The van der Waals surface area contributed by atoms with Crippen molar-refractivity contribution in [3.05, 3.63) is 89.2 Å². The first-order chi connectivity index (χ1) is 15.0. The number of aryl methyl sites for hydroxylation is 1. The third-order valence-electron chi connectivity index (χ3n) is 4.61. The zero-order valence-corrected chi connectivity index (χ0v) is 17.3. The van der Waals surface area contributed by atoms with Gasteiger partial charge < -0.3 is 5.32 Å². The van der Waals surface area contributed by atoms with Crippen LogP contribution >= 0.6 is 11.6 Å². The minimum atomic E-state index is -0.583. The molecule has 0 aliphatic rings. The molecule has 0 aliphatic carbocycles. The van der Waals surface area contributed by atoms with Crippen LogP contribution in [0.3, 0.4) is 0 Å². The molecule has 4 aromatic rings. The first kappa shape index (κ1) is 20.3. The Morgan fingerprint density at radius 3 is 2.48 bits per heavy atom. The molecule has 0 unspecified atom stereocenters. The van der Waals surface area contributed by atoms with Crippen molar-refractivity contribution in [2.24, 2.45) is 0 Å². The van der Waals surface area contributed by atoms with E-state index in [4.69, 9.17) is 11.6 Å². The molecule has 4 rings (SSSR count). The molecule has 0 saturated carbocycles. The molecule has 3 N–H and O–H groups in total. The zero-order chi connectivity index (χ0) is 21.8. The predicted molar refractivity (Wildman–Crippen MR) is 121 cm³/mol. The minimum Gasteiger partial charge on any atom is -0.307 e. The van der Waals surface area contributed by atoms with Crippen molar-refractivity contribution >= 4 is 40.1 Å². The van der Waals surface area contributed by atoms with Gasteiger partial charge in [0.15, 0.2) is 0 Å². The number of nitrogens with zero attached hydrogens (tertiary/aromatic N) is 2. The number of hydrogen-bond acceptors (Lipinski definition) is 4. The predicted octanol–water partition coefficient (Wildman–Crippen LogP) is 4.73. The fourth-order valence-electron chi connectivity index (χ4n) is 3.05. The van der Waals surface area contributed by atoms with E-state index in [0.717, 1.165) is 16.5 Å². The van der Waals surface area contributed by atoms with Crippen molar-refractivity contribution in [1.82, 2.24) is 20.8 Å². The molecule has 2 aromatic heterocycles. The van der Waals surface area contributed by atoms with E-state index < -0.39 is 11.9 Å². The molecule has 3 amide bonds. The highest BCUT2D eigenvalue weighted by Gasteiger charge is 2.13. The Labute approximate surface area is 183 Å². The van der Waals surface area contributed by atoms with Crippen molar-refractivity contribution in [2.75, 3.05) is 5.32 Å². The normalized spacial score (nSPS) is 10.5. The van der Waals surface area contributed by atoms with Crippen LogP contribution in [-0.4, -0.2) is 21.9 Å². The van der Waals surface area contributed by atoms with Gasteiger partial charge in [-0.2, -0.15) is 0 Å². The Kier molecular flexibility index (Phi) is 5.77. The summed E-state index contributed by atoms with van der Waals surface area (Å²) in [5.41, 5.74) is 8.59. The molecule has 0 radical (unpaired) electrons. The minimum absolute atomic E-state index is 0.351. The fraction of sp³-hybridized carbons (Fsp3) is 0.0435. The van der Waals surface area contributed by atoms with Crippen molar-refractivity contribution in [3.63, 3.8) is 0 Å². The molecule has 0 fully saturated rings. The van der Waals surface area contributed by atoms with E-state index in [2.05, 4.69) is 26.1 Å². The van der Waals surface area contributed by atoms with E-state index in [9.17, 15) is 9.59 Å². The van der Waals surface area contributed by atoms with Crippen LogP contribution in [0.1, 0.15) is 16.1 Å². The van der Waals surface area contributed by atoms with Gasteiger partial charge in [0.05, 0.1) is 22.5 Å². The average Bonchev–Trinajstić information content (AvgIpc) is 2.78. The maximum Gasteiger partial charge on any atom is 0.337 e. The summed E-state index contributed by atoms with van der Waals surface area (Å²) in [6.07, 6.45) is 1.76. The number of pyridine rings is 2. The van der Waals surface area contributed by atoms with E-state index in [-0.39, 0.29) is 0 Å². The number of carbonyl (C=O) groups excluding carboxylic acids is 2. The molecule has 154 valence electrons. The van der Waals surface area contributed by atoms with Crippen LogP contribution in [-0.2, 0) is 0 Å². The number of hydrazine groups is 1. The van der Waals surface area contributed by atoms with Gasteiger partial charge in [-0.3, -0.25) is 20.2 Å². The number of rotatable bonds is 3. The van der Waals surface area contributed by atoms with E-state index in [1.165, 1.54) is 0 Å². The van der Waals surface area contributed by atoms with E-state index in [1.807, 2.05) is 30.3 Å². The Morgan fingerprint density at radius 1 is 0.935 bits per heavy atom. The Hall–Kier alpha value is -3.97. The first-order valence-electron chi connectivity index (χ1n) is 9.45. The second-order valence-electron chi connectivity index (χ2n) is 6.79. The summed E-state index contributed by atoms with van der Waals surface area (Å²) in [6.45, 7) is 1.74. The van der Waals surface area contributed by atoms with E-state index in [0.29, 0.717) is 27.7 Å². The monoisotopic (exact) mass is 431 g/mol. The highest BCUT2D eigenvalue weighted by molar-refractivity contribution is 6.30. The molecular formula is C23H18ClN5O2. The first-order valence-corrected chi connectivity index (χ1v) is 9.83. The maximum absolute atomic E-state index is 12.5. The molecule has 0 aliphatic heterocycles. The van der Waals surface area contributed by atoms with Crippen LogP contribution in [0.5, 0.6) is 0 Å². The summed E-state index contributed by atoms with van der Waals surface area (Å²) in [5.74, 6) is -0.473. The summed E-state index contributed by atoms with van der Waals surface area (Å²) in [4.78, 5) is 33.4. The van der Waals surface area contributed by atoms with Gasteiger partial charge in [-0.25, -0.2) is 10.2 Å². The van der Waals surface area contributed by atoms with Crippen LogP contribution in [0.2, 0.25) is 5.02 Å². The molecule has 0 bridgehead atoms. The topological polar surface area (TPSA) is 96.0 Å². The maximum atomic E-state index is 12.5. The number of urea groups is 1. The molecule has 7 nitrogen and oxygen atoms in total. The number of benzene rings is 2. The summed E-state index contributed by atoms with van der Waals surface area (Å²) < 4.78 is 0.